The van der Waals surface area contributed by atoms with E-state index in [1.807, 2.05) is 42.5 Å². The van der Waals surface area contributed by atoms with Crippen LogP contribution in [-0.4, -0.2) is 38.2 Å². The molecule has 2 amide bonds. The maximum absolute atomic E-state index is 12.7. The number of carbonyl (C=O) groups is 2. The van der Waals surface area contributed by atoms with Crippen LogP contribution in [0.25, 0.3) is 0 Å². The summed E-state index contributed by atoms with van der Waals surface area (Å²) in [7, 11) is 0. The highest BCUT2D eigenvalue weighted by Crippen LogP contribution is 2.35. The number of hydrogen-bond acceptors (Lipinski definition) is 5. The van der Waals surface area contributed by atoms with Crippen molar-refractivity contribution in [2.45, 2.75) is 26.3 Å². The summed E-state index contributed by atoms with van der Waals surface area (Å²) in [5.41, 5.74) is 1.67. The number of nitrogens with one attached hydrogen (secondary N) is 1. The third kappa shape index (κ3) is 4.20. The van der Waals surface area contributed by atoms with Crippen molar-refractivity contribution >= 4 is 17.5 Å². The van der Waals surface area contributed by atoms with Gasteiger partial charge in [0.05, 0.1) is 11.7 Å². The SMILES string of the molecule is CC(C)[C@@H](NC(=O)CCN1C(=O)COc2ccccc21)c1ccc2c(c1)OCCO2. The Morgan fingerprint density at radius 1 is 1.03 bits per heavy atom. The molecule has 7 heteroatoms. The zero-order valence-electron chi connectivity index (χ0n) is 17.2. The van der Waals surface area contributed by atoms with E-state index < -0.39 is 0 Å². The molecular weight excluding hydrogens is 384 g/mol. The minimum absolute atomic E-state index is 0.00948. The van der Waals surface area contributed by atoms with E-state index in [1.165, 1.54) is 0 Å². The van der Waals surface area contributed by atoms with Crippen LogP contribution in [-0.2, 0) is 9.59 Å². The Balaban J connectivity index is 1.43. The topological polar surface area (TPSA) is 77.1 Å². The van der Waals surface area contributed by atoms with Crippen LogP contribution in [0.1, 0.15) is 31.9 Å². The van der Waals surface area contributed by atoms with Gasteiger partial charge >= 0.3 is 0 Å². The van der Waals surface area contributed by atoms with Gasteiger partial charge in [-0.3, -0.25) is 9.59 Å². The van der Waals surface area contributed by atoms with Gasteiger partial charge in [0.2, 0.25) is 5.91 Å². The van der Waals surface area contributed by atoms with Gasteiger partial charge in [-0.05, 0) is 35.7 Å². The van der Waals surface area contributed by atoms with Crippen LogP contribution in [0.2, 0.25) is 0 Å². The lowest BCUT2D eigenvalue weighted by molar-refractivity contribution is -0.122. The van der Waals surface area contributed by atoms with E-state index in [-0.39, 0.29) is 36.8 Å². The first-order valence-electron chi connectivity index (χ1n) is 10.2. The predicted molar refractivity (Wildman–Crippen MR) is 112 cm³/mol. The molecule has 0 bridgehead atoms. The average Bonchev–Trinajstić information content (AvgIpc) is 2.76. The molecule has 7 nitrogen and oxygen atoms in total. The van der Waals surface area contributed by atoms with Gasteiger partial charge in [0.1, 0.15) is 19.0 Å². The number of rotatable bonds is 6. The van der Waals surface area contributed by atoms with Crippen molar-refractivity contribution in [3.8, 4) is 17.2 Å². The van der Waals surface area contributed by atoms with Crippen LogP contribution >= 0.6 is 0 Å². The molecule has 0 spiro atoms. The molecule has 2 aliphatic heterocycles. The van der Waals surface area contributed by atoms with Gasteiger partial charge in [-0.25, -0.2) is 0 Å². The van der Waals surface area contributed by atoms with Crippen LogP contribution in [0, 0.1) is 5.92 Å². The minimum Gasteiger partial charge on any atom is -0.486 e. The Morgan fingerprint density at radius 3 is 2.60 bits per heavy atom. The molecular formula is C23H26N2O5. The molecule has 2 aromatic carbocycles. The van der Waals surface area contributed by atoms with Gasteiger partial charge in [0, 0.05) is 13.0 Å². The molecule has 0 aromatic heterocycles. The van der Waals surface area contributed by atoms with Crippen molar-refractivity contribution in [2.24, 2.45) is 5.92 Å². The van der Waals surface area contributed by atoms with Crippen LogP contribution in [0.4, 0.5) is 5.69 Å². The van der Waals surface area contributed by atoms with E-state index in [0.29, 0.717) is 36.9 Å². The first-order valence-corrected chi connectivity index (χ1v) is 10.2. The van der Waals surface area contributed by atoms with Crippen LogP contribution in [0.5, 0.6) is 17.2 Å². The van der Waals surface area contributed by atoms with Gasteiger partial charge in [-0.2, -0.15) is 0 Å². The number of amides is 2. The molecule has 0 aliphatic carbocycles. The Hall–Kier alpha value is -3.22. The molecule has 0 fully saturated rings. The number of nitrogens with zero attached hydrogens (tertiary/aromatic N) is 1. The molecule has 0 radical (unpaired) electrons. The van der Waals surface area contributed by atoms with Crippen molar-refractivity contribution in [3.05, 3.63) is 48.0 Å². The monoisotopic (exact) mass is 410 g/mol. The van der Waals surface area contributed by atoms with Crippen molar-refractivity contribution in [1.29, 1.82) is 0 Å². The molecule has 0 saturated carbocycles. The normalized spacial score (nSPS) is 16.0. The molecule has 1 N–H and O–H groups in total. The number of benzene rings is 2. The smallest absolute Gasteiger partial charge is 0.265 e. The zero-order valence-corrected chi connectivity index (χ0v) is 17.2. The third-order valence-electron chi connectivity index (χ3n) is 5.28. The van der Waals surface area contributed by atoms with Gasteiger partial charge in [-0.1, -0.05) is 32.0 Å². The fraction of sp³-hybridized carbons (Fsp3) is 0.391. The standard InChI is InChI=1S/C23H26N2O5/c1-15(2)23(16-7-8-19-20(13-16)29-12-11-28-19)24-21(26)9-10-25-17-5-3-4-6-18(17)30-14-22(25)27/h3-8,13,15,23H,9-12,14H2,1-2H3,(H,24,26)/t23-/m1/s1. The van der Waals surface area contributed by atoms with E-state index in [1.54, 1.807) is 4.90 Å². The zero-order chi connectivity index (χ0) is 21.1. The highest BCUT2D eigenvalue weighted by atomic mass is 16.6. The summed E-state index contributed by atoms with van der Waals surface area (Å²) in [5.74, 6) is 2.02. The van der Waals surface area contributed by atoms with Gasteiger partial charge in [-0.15, -0.1) is 0 Å². The quantitative estimate of drug-likeness (QED) is 0.792. The summed E-state index contributed by atoms with van der Waals surface area (Å²) in [6.45, 7) is 5.47. The maximum atomic E-state index is 12.7. The van der Waals surface area contributed by atoms with E-state index >= 15 is 0 Å². The highest BCUT2D eigenvalue weighted by molar-refractivity contribution is 5.98. The van der Waals surface area contributed by atoms with Gasteiger partial charge < -0.3 is 24.4 Å². The second kappa shape index (κ2) is 8.65. The molecule has 30 heavy (non-hydrogen) atoms. The summed E-state index contributed by atoms with van der Waals surface area (Å²) in [6.07, 6.45) is 0.202. The largest absolute Gasteiger partial charge is 0.486 e. The number of ether oxygens (including phenoxy) is 3. The number of carbonyl (C=O) groups excluding carboxylic acids is 2. The summed E-state index contributed by atoms with van der Waals surface area (Å²) in [4.78, 5) is 26.7. The average molecular weight is 410 g/mol. The van der Waals surface area contributed by atoms with Crippen molar-refractivity contribution in [3.63, 3.8) is 0 Å². The minimum atomic E-state index is -0.166. The summed E-state index contributed by atoms with van der Waals surface area (Å²) in [6, 6.07) is 13.0. The predicted octanol–water partition coefficient (Wildman–Crippen LogP) is 3.09. The van der Waals surface area contributed by atoms with Crippen LogP contribution in [0.3, 0.4) is 0 Å². The lowest BCUT2D eigenvalue weighted by atomic mass is 9.95. The lowest BCUT2D eigenvalue weighted by Crippen LogP contribution is -2.41. The van der Waals surface area contributed by atoms with Crippen molar-refractivity contribution in [2.75, 3.05) is 31.3 Å². The van der Waals surface area contributed by atoms with E-state index in [0.717, 1.165) is 11.3 Å². The fourth-order valence-corrected chi connectivity index (χ4v) is 3.75. The molecule has 2 aliphatic rings. The highest BCUT2D eigenvalue weighted by Gasteiger charge is 2.26. The van der Waals surface area contributed by atoms with Gasteiger partial charge in [0.25, 0.3) is 5.91 Å². The molecule has 2 heterocycles. The second-order valence-corrected chi connectivity index (χ2v) is 7.74. The summed E-state index contributed by atoms with van der Waals surface area (Å²) in [5, 5.41) is 3.11. The maximum Gasteiger partial charge on any atom is 0.265 e. The van der Waals surface area contributed by atoms with Crippen molar-refractivity contribution < 1.29 is 23.8 Å². The summed E-state index contributed by atoms with van der Waals surface area (Å²) >= 11 is 0. The first kappa shape index (κ1) is 20.1. The number of hydrogen-bond donors (Lipinski definition) is 1. The van der Waals surface area contributed by atoms with E-state index in [9.17, 15) is 9.59 Å². The number of para-hydroxylation sites is 2. The lowest BCUT2D eigenvalue weighted by Gasteiger charge is -2.29. The van der Waals surface area contributed by atoms with Crippen LogP contribution in [0.15, 0.2) is 42.5 Å². The Labute approximate surface area is 175 Å². The molecule has 2 aromatic rings. The Kier molecular flexibility index (Phi) is 5.79. The van der Waals surface area contributed by atoms with E-state index in [2.05, 4.69) is 19.2 Å². The molecule has 0 saturated heterocycles. The first-order chi connectivity index (χ1) is 14.5. The number of fused-ring (bicyclic) bond motifs is 2. The van der Waals surface area contributed by atoms with Crippen molar-refractivity contribution in [1.82, 2.24) is 5.32 Å². The number of anilines is 1. The Morgan fingerprint density at radius 2 is 1.80 bits per heavy atom. The second-order valence-electron chi connectivity index (χ2n) is 7.74. The van der Waals surface area contributed by atoms with Gasteiger partial charge in [0.15, 0.2) is 18.1 Å². The molecule has 1 atom stereocenters. The summed E-state index contributed by atoms with van der Waals surface area (Å²) < 4.78 is 16.7. The fourth-order valence-electron chi connectivity index (χ4n) is 3.75. The Bertz CT molecular complexity index is 943. The molecule has 0 unspecified atom stereocenters. The van der Waals surface area contributed by atoms with Crippen LogP contribution < -0.4 is 24.4 Å². The van der Waals surface area contributed by atoms with E-state index in [4.69, 9.17) is 14.2 Å². The third-order valence-corrected chi connectivity index (χ3v) is 5.28. The molecule has 4 rings (SSSR count). The molecule has 158 valence electrons.